The quantitative estimate of drug-likeness (QED) is 0.766. The monoisotopic (exact) mass is 279 g/mol. The zero-order valence-corrected chi connectivity index (χ0v) is 12.2. The molecule has 1 aliphatic heterocycles. The molecule has 2 unspecified atom stereocenters. The Kier molecular flexibility index (Phi) is 6.30. The maximum absolute atomic E-state index is 9.88. The van der Waals surface area contributed by atoms with Crippen molar-refractivity contribution in [2.45, 2.75) is 38.4 Å². The second-order valence-corrected chi connectivity index (χ2v) is 5.26. The largest absolute Gasteiger partial charge is 0.389 e. The molecular formula is C16H25NO3. The minimum atomic E-state index is -0.498. The maximum atomic E-state index is 9.88. The van der Waals surface area contributed by atoms with Gasteiger partial charge in [0.2, 0.25) is 0 Å². The number of aryl methyl sites for hydroxylation is 1. The Morgan fingerprint density at radius 3 is 3.15 bits per heavy atom. The number of anilines is 1. The van der Waals surface area contributed by atoms with Crippen LogP contribution < -0.4 is 5.32 Å². The predicted octanol–water partition coefficient (Wildman–Crippen LogP) is 2.22. The van der Waals surface area contributed by atoms with Crippen molar-refractivity contribution < 1.29 is 14.6 Å². The van der Waals surface area contributed by atoms with Gasteiger partial charge in [0, 0.05) is 18.8 Å². The van der Waals surface area contributed by atoms with E-state index in [1.54, 1.807) is 0 Å². The van der Waals surface area contributed by atoms with Crippen LogP contribution in [0.2, 0.25) is 0 Å². The molecule has 0 aliphatic carbocycles. The van der Waals surface area contributed by atoms with E-state index in [0.717, 1.165) is 31.6 Å². The summed E-state index contributed by atoms with van der Waals surface area (Å²) < 4.78 is 11.0. The van der Waals surface area contributed by atoms with Crippen molar-refractivity contribution in [2.24, 2.45) is 0 Å². The molecule has 0 aromatic heterocycles. The van der Waals surface area contributed by atoms with Crippen LogP contribution in [0.3, 0.4) is 0 Å². The van der Waals surface area contributed by atoms with Gasteiger partial charge in [0.25, 0.3) is 0 Å². The zero-order chi connectivity index (χ0) is 14.2. The van der Waals surface area contributed by atoms with Crippen LogP contribution in [0.15, 0.2) is 24.3 Å². The molecule has 1 aliphatic rings. The van der Waals surface area contributed by atoms with Crippen LogP contribution in [-0.2, 0) is 15.9 Å². The Labute approximate surface area is 121 Å². The van der Waals surface area contributed by atoms with Crippen molar-refractivity contribution in [1.29, 1.82) is 0 Å². The minimum Gasteiger partial charge on any atom is -0.389 e. The van der Waals surface area contributed by atoms with E-state index >= 15 is 0 Å². The number of ether oxygens (including phenoxy) is 2. The molecule has 112 valence electrons. The van der Waals surface area contributed by atoms with Crippen LogP contribution in [0.25, 0.3) is 0 Å². The summed E-state index contributed by atoms with van der Waals surface area (Å²) in [5.41, 5.74) is 2.33. The number of hydrogen-bond donors (Lipinski definition) is 2. The molecule has 1 aromatic rings. The number of hydrogen-bond acceptors (Lipinski definition) is 4. The Balaban J connectivity index is 1.62. The molecular weight excluding hydrogens is 254 g/mol. The van der Waals surface area contributed by atoms with E-state index < -0.39 is 6.10 Å². The maximum Gasteiger partial charge on any atom is 0.0945 e. The molecule has 0 radical (unpaired) electrons. The average Bonchev–Trinajstić information content (AvgIpc) is 2.98. The number of nitrogens with one attached hydrogen (secondary N) is 1. The summed E-state index contributed by atoms with van der Waals surface area (Å²) in [6.07, 6.45) is 2.92. The lowest BCUT2D eigenvalue weighted by Gasteiger charge is -2.15. The van der Waals surface area contributed by atoms with E-state index in [1.807, 2.05) is 12.1 Å². The van der Waals surface area contributed by atoms with Crippen LogP contribution in [-0.4, -0.2) is 43.7 Å². The van der Waals surface area contributed by atoms with Gasteiger partial charge in [0.05, 0.1) is 25.4 Å². The summed E-state index contributed by atoms with van der Waals surface area (Å²) in [4.78, 5) is 0. The number of benzene rings is 1. The molecule has 0 amide bonds. The third-order valence-corrected chi connectivity index (χ3v) is 3.52. The van der Waals surface area contributed by atoms with E-state index in [-0.39, 0.29) is 6.10 Å². The van der Waals surface area contributed by atoms with Crippen molar-refractivity contribution in [3.8, 4) is 0 Å². The summed E-state index contributed by atoms with van der Waals surface area (Å²) in [6, 6.07) is 8.26. The first-order valence-corrected chi connectivity index (χ1v) is 7.48. The lowest BCUT2D eigenvalue weighted by molar-refractivity contribution is -0.0137. The zero-order valence-electron chi connectivity index (χ0n) is 12.2. The van der Waals surface area contributed by atoms with Crippen molar-refractivity contribution in [3.05, 3.63) is 29.8 Å². The fraction of sp³-hybridized carbons (Fsp3) is 0.625. The van der Waals surface area contributed by atoms with Gasteiger partial charge in [-0.2, -0.15) is 0 Å². The first kappa shape index (κ1) is 15.3. The SMILES string of the molecule is CCc1cccc(NCC(O)COCC2CCCO2)c1. The topological polar surface area (TPSA) is 50.7 Å². The second-order valence-electron chi connectivity index (χ2n) is 5.26. The Hall–Kier alpha value is -1.10. The lowest BCUT2D eigenvalue weighted by atomic mass is 10.1. The molecule has 4 heteroatoms. The van der Waals surface area contributed by atoms with Gasteiger partial charge in [0.15, 0.2) is 0 Å². The molecule has 1 fully saturated rings. The fourth-order valence-corrected chi connectivity index (χ4v) is 2.31. The molecule has 2 rings (SSSR count). The number of rotatable bonds is 8. The van der Waals surface area contributed by atoms with Gasteiger partial charge in [-0.05, 0) is 37.0 Å². The van der Waals surface area contributed by atoms with Crippen molar-refractivity contribution in [3.63, 3.8) is 0 Å². The Morgan fingerprint density at radius 2 is 2.40 bits per heavy atom. The van der Waals surface area contributed by atoms with E-state index in [0.29, 0.717) is 19.8 Å². The third-order valence-electron chi connectivity index (χ3n) is 3.52. The van der Waals surface area contributed by atoms with Crippen molar-refractivity contribution in [1.82, 2.24) is 0 Å². The van der Waals surface area contributed by atoms with Gasteiger partial charge >= 0.3 is 0 Å². The lowest BCUT2D eigenvalue weighted by Crippen LogP contribution is -2.27. The van der Waals surface area contributed by atoms with Crippen LogP contribution in [0.4, 0.5) is 5.69 Å². The summed E-state index contributed by atoms with van der Waals surface area (Å²) in [5, 5.41) is 13.1. The standard InChI is InChI=1S/C16H25NO3/c1-2-13-5-3-6-14(9-13)17-10-15(18)11-19-12-16-7-4-8-20-16/h3,5-6,9,15-18H,2,4,7-8,10-12H2,1H3. The highest BCUT2D eigenvalue weighted by molar-refractivity contribution is 5.45. The number of aliphatic hydroxyl groups excluding tert-OH is 1. The summed E-state index contributed by atoms with van der Waals surface area (Å²) in [6.45, 7) is 4.40. The third kappa shape index (κ3) is 5.12. The molecule has 2 N–H and O–H groups in total. The van der Waals surface area contributed by atoms with E-state index in [2.05, 4.69) is 24.4 Å². The molecule has 1 aromatic carbocycles. The summed E-state index contributed by atoms with van der Waals surface area (Å²) >= 11 is 0. The van der Waals surface area contributed by atoms with Crippen molar-refractivity contribution in [2.75, 3.05) is 31.7 Å². The molecule has 0 bridgehead atoms. The highest BCUT2D eigenvalue weighted by Gasteiger charge is 2.16. The molecule has 20 heavy (non-hydrogen) atoms. The highest BCUT2D eigenvalue weighted by Crippen LogP contribution is 2.13. The number of aliphatic hydroxyl groups is 1. The molecule has 0 spiro atoms. The smallest absolute Gasteiger partial charge is 0.0945 e. The van der Waals surface area contributed by atoms with Crippen LogP contribution >= 0.6 is 0 Å². The Bertz CT molecular complexity index is 391. The predicted molar refractivity (Wildman–Crippen MR) is 80.1 cm³/mol. The van der Waals surface area contributed by atoms with Crippen LogP contribution in [0, 0.1) is 0 Å². The first-order chi connectivity index (χ1) is 9.78. The fourth-order valence-electron chi connectivity index (χ4n) is 2.31. The second kappa shape index (κ2) is 8.25. The Morgan fingerprint density at radius 1 is 1.50 bits per heavy atom. The van der Waals surface area contributed by atoms with Gasteiger partial charge in [-0.25, -0.2) is 0 Å². The molecule has 4 nitrogen and oxygen atoms in total. The van der Waals surface area contributed by atoms with E-state index in [4.69, 9.17) is 9.47 Å². The van der Waals surface area contributed by atoms with Gasteiger partial charge < -0.3 is 19.9 Å². The molecule has 0 saturated carbocycles. The minimum absolute atomic E-state index is 0.219. The van der Waals surface area contributed by atoms with Crippen LogP contribution in [0.1, 0.15) is 25.3 Å². The normalized spacial score (nSPS) is 20.0. The average molecular weight is 279 g/mol. The van der Waals surface area contributed by atoms with Gasteiger partial charge in [0.1, 0.15) is 0 Å². The van der Waals surface area contributed by atoms with E-state index in [1.165, 1.54) is 5.56 Å². The molecule has 1 saturated heterocycles. The summed E-state index contributed by atoms with van der Waals surface area (Å²) in [5.74, 6) is 0. The molecule has 1 heterocycles. The van der Waals surface area contributed by atoms with Gasteiger partial charge in [-0.1, -0.05) is 19.1 Å². The van der Waals surface area contributed by atoms with Gasteiger partial charge in [-0.15, -0.1) is 0 Å². The van der Waals surface area contributed by atoms with E-state index in [9.17, 15) is 5.11 Å². The van der Waals surface area contributed by atoms with Crippen LogP contribution in [0.5, 0.6) is 0 Å². The highest BCUT2D eigenvalue weighted by atomic mass is 16.5. The summed E-state index contributed by atoms with van der Waals surface area (Å²) in [7, 11) is 0. The van der Waals surface area contributed by atoms with Gasteiger partial charge in [-0.3, -0.25) is 0 Å². The molecule has 2 atom stereocenters. The van der Waals surface area contributed by atoms with Crippen molar-refractivity contribution >= 4 is 5.69 Å². The first-order valence-electron chi connectivity index (χ1n) is 7.48.